The van der Waals surface area contributed by atoms with Gasteiger partial charge in [-0.1, -0.05) is 44.5 Å². The van der Waals surface area contributed by atoms with Crippen LogP contribution in [0.4, 0.5) is 22.7 Å². The average Bonchev–Trinajstić information content (AvgIpc) is 2.64. The lowest BCUT2D eigenvalue weighted by molar-refractivity contribution is 0.296. The Hall–Kier alpha value is -2.00. The molecule has 1 aliphatic rings. The summed E-state index contributed by atoms with van der Waals surface area (Å²) in [6.07, 6.45) is 3.80. The second kappa shape index (κ2) is 8.20. The third-order valence-electron chi connectivity index (χ3n) is 4.91. The Labute approximate surface area is 146 Å². The van der Waals surface area contributed by atoms with Gasteiger partial charge in [-0.25, -0.2) is 0 Å². The lowest BCUT2D eigenvalue weighted by atomic mass is 10.1. The number of hydrogen-bond donors (Lipinski definition) is 1. The Bertz CT molecular complexity index is 604. The smallest absolute Gasteiger partial charge is 0.0650 e. The molecule has 0 radical (unpaired) electrons. The fraction of sp³-hybridized carbons (Fsp3) is 0.429. The van der Waals surface area contributed by atoms with E-state index in [1.807, 2.05) is 0 Å². The normalized spacial score (nSPS) is 12.7. The number of nitrogens with one attached hydrogen (secondary N) is 1. The molecule has 0 saturated heterocycles. The fourth-order valence-electron chi connectivity index (χ4n) is 3.47. The van der Waals surface area contributed by atoms with E-state index in [0.717, 1.165) is 19.6 Å². The van der Waals surface area contributed by atoms with Crippen molar-refractivity contribution in [3.05, 3.63) is 48.5 Å². The van der Waals surface area contributed by atoms with E-state index in [1.54, 1.807) is 0 Å². The second-order valence-corrected chi connectivity index (χ2v) is 6.40. The van der Waals surface area contributed by atoms with Crippen LogP contribution in [0.1, 0.15) is 33.1 Å². The summed E-state index contributed by atoms with van der Waals surface area (Å²) in [5.41, 5.74) is 5.00. The van der Waals surface area contributed by atoms with Crippen LogP contribution in [-0.2, 0) is 0 Å². The topological polar surface area (TPSA) is 18.5 Å². The Morgan fingerprint density at radius 3 is 1.96 bits per heavy atom. The summed E-state index contributed by atoms with van der Waals surface area (Å²) in [6.45, 7) is 9.12. The molecule has 1 heterocycles. The van der Waals surface area contributed by atoms with E-state index < -0.39 is 0 Å². The number of hydrogen-bond acceptors (Lipinski definition) is 3. The van der Waals surface area contributed by atoms with Crippen molar-refractivity contribution in [1.29, 1.82) is 0 Å². The van der Waals surface area contributed by atoms with Crippen molar-refractivity contribution in [3.8, 4) is 0 Å². The van der Waals surface area contributed by atoms with Gasteiger partial charge in [0, 0.05) is 6.54 Å². The zero-order chi connectivity index (χ0) is 16.8. The highest BCUT2D eigenvalue weighted by molar-refractivity contribution is 5.91. The zero-order valence-corrected chi connectivity index (χ0v) is 15.0. The first-order valence-corrected chi connectivity index (χ1v) is 9.28. The Morgan fingerprint density at radius 2 is 1.38 bits per heavy atom. The third kappa shape index (κ3) is 3.73. The standard InChI is InChI=1S/C21H29N3/c1-3-23(4-2)16-10-5-11-17-24-20-14-8-6-12-18(20)22-19-13-7-9-15-21(19)24/h6-9,12-15,22H,3-5,10-11,16-17H2,1-2H3. The molecule has 3 heteroatoms. The van der Waals surface area contributed by atoms with E-state index in [-0.39, 0.29) is 0 Å². The van der Waals surface area contributed by atoms with Crippen molar-refractivity contribution in [2.75, 3.05) is 36.4 Å². The highest BCUT2D eigenvalue weighted by atomic mass is 15.2. The predicted octanol–water partition coefficient (Wildman–Crippen LogP) is 5.39. The largest absolute Gasteiger partial charge is 0.352 e. The van der Waals surface area contributed by atoms with Crippen molar-refractivity contribution >= 4 is 22.7 Å². The Balaban J connectivity index is 1.63. The van der Waals surface area contributed by atoms with Gasteiger partial charge in [-0.05, 0) is 56.7 Å². The quantitative estimate of drug-likeness (QED) is 0.657. The second-order valence-electron chi connectivity index (χ2n) is 6.40. The molecule has 0 saturated carbocycles. The van der Waals surface area contributed by atoms with E-state index in [9.17, 15) is 0 Å². The SMILES string of the molecule is CCN(CC)CCCCCN1c2ccccc2Nc2ccccc21. The highest BCUT2D eigenvalue weighted by Crippen LogP contribution is 2.43. The van der Waals surface area contributed by atoms with Crippen LogP contribution in [0.25, 0.3) is 0 Å². The van der Waals surface area contributed by atoms with Crippen LogP contribution in [0.15, 0.2) is 48.5 Å². The monoisotopic (exact) mass is 323 g/mol. The van der Waals surface area contributed by atoms with Crippen molar-refractivity contribution in [1.82, 2.24) is 4.90 Å². The predicted molar refractivity (Wildman–Crippen MR) is 105 cm³/mol. The molecule has 0 spiro atoms. The highest BCUT2D eigenvalue weighted by Gasteiger charge is 2.20. The molecular weight excluding hydrogens is 294 g/mol. The van der Waals surface area contributed by atoms with E-state index in [1.165, 1.54) is 48.6 Å². The van der Waals surface area contributed by atoms with E-state index in [0.29, 0.717) is 0 Å². The number of unbranched alkanes of at least 4 members (excludes halogenated alkanes) is 2. The molecule has 3 nitrogen and oxygen atoms in total. The number of anilines is 4. The molecule has 0 atom stereocenters. The minimum atomic E-state index is 1.08. The van der Waals surface area contributed by atoms with Gasteiger partial charge in [0.15, 0.2) is 0 Å². The zero-order valence-electron chi connectivity index (χ0n) is 15.0. The van der Waals surface area contributed by atoms with E-state index >= 15 is 0 Å². The van der Waals surface area contributed by atoms with Gasteiger partial charge in [0.1, 0.15) is 0 Å². The lowest BCUT2D eigenvalue weighted by Gasteiger charge is -2.34. The van der Waals surface area contributed by atoms with Gasteiger partial charge in [0.05, 0.1) is 22.7 Å². The minimum Gasteiger partial charge on any atom is -0.352 e. The number of benzene rings is 2. The van der Waals surface area contributed by atoms with Crippen LogP contribution in [0, 0.1) is 0 Å². The maximum Gasteiger partial charge on any atom is 0.0650 e. The van der Waals surface area contributed by atoms with Crippen molar-refractivity contribution in [2.45, 2.75) is 33.1 Å². The molecule has 0 aliphatic carbocycles. The van der Waals surface area contributed by atoms with Gasteiger partial charge in [-0.2, -0.15) is 0 Å². The number of para-hydroxylation sites is 4. The molecule has 1 N–H and O–H groups in total. The minimum absolute atomic E-state index is 1.08. The molecule has 1 aliphatic heterocycles. The summed E-state index contributed by atoms with van der Waals surface area (Å²) < 4.78 is 0. The van der Waals surface area contributed by atoms with E-state index in [2.05, 4.69) is 77.5 Å². The summed E-state index contributed by atoms with van der Waals surface area (Å²) in [4.78, 5) is 4.98. The summed E-state index contributed by atoms with van der Waals surface area (Å²) in [5.74, 6) is 0. The van der Waals surface area contributed by atoms with Gasteiger partial charge in [-0.3, -0.25) is 0 Å². The van der Waals surface area contributed by atoms with Crippen molar-refractivity contribution in [2.24, 2.45) is 0 Å². The summed E-state index contributed by atoms with van der Waals surface area (Å²) in [5, 5.41) is 3.55. The summed E-state index contributed by atoms with van der Waals surface area (Å²) >= 11 is 0. The van der Waals surface area contributed by atoms with Gasteiger partial charge in [0.25, 0.3) is 0 Å². The fourth-order valence-corrected chi connectivity index (χ4v) is 3.47. The molecule has 2 aromatic carbocycles. The molecule has 0 unspecified atom stereocenters. The maximum atomic E-state index is 3.55. The van der Waals surface area contributed by atoms with Crippen molar-refractivity contribution < 1.29 is 0 Å². The Morgan fingerprint density at radius 1 is 0.792 bits per heavy atom. The van der Waals surface area contributed by atoms with Crippen molar-refractivity contribution in [3.63, 3.8) is 0 Å². The molecule has 0 amide bonds. The first kappa shape index (κ1) is 16.8. The third-order valence-corrected chi connectivity index (χ3v) is 4.91. The molecule has 0 fully saturated rings. The van der Waals surface area contributed by atoms with Crippen LogP contribution in [0.2, 0.25) is 0 Å². The number of nitrogens with zero attached hydrogens (tertiary/aromatic N) is 2. The first-order chi connectivity index (χ1) is 11.8. The average molecular weight is 323 g/mol. The van der Waals surface area contributed by atoms with Gasteiger partial charge >= 0.3 is 0 Å². The molecule has 0 bridgehead atoms. The number of fused-ring (bicyclic) bond motifs is 2. The lowest BCUT2D eigenvalue weighted by Crippen LogP contribution is -2.25. The Kier molecular flexibility index (Phi) is 5.76. The van der Waals surface area contributed by atoms with E-state index in [4.69, 9.17) is 0 Å². The molecule has 24 heavy (non-hydrogen) atoms. The molecule has 2 aromatic rings. The van der Waals surface area contributed by atoms with Gasteiger partial charge in [0.2, 0.25) is 0 Å². The molecule has 3 rings (SSSR count). The summed E-state index contributed by atoms with van der Waals surface area (Å²) in [7, 11) is 0. The summed E-state index contributed by atoms with van der Waals surface area (Å²) in [6, 6.07) is 17.2. The van der Waals surface area contributed by atoms with Crippen LogP contribution in [0.3, 0.4) is 0 Å². The van der Waals surface area contributed by atoms with Crippen LogP contribution in [0.5, 0.6) is 0 Å². The van der Waals surface area contributed by atoms with Crippen LogP contribution in [-0.4, -0.2) is 31.1 Å². The van der Waals surface area contributed by atoms with Gasteiger partial charge < -0.3 is 15.1 Å². The first-order valence-electron chi connectivity index (χ1n) is 9.28. The molecule has 0 aromatic heterocycles. The van der Waals surface area contributed by atoms with Gasteiger partial charge in [-0.15, -0.1) is 0 Å². The van der Waals surface area contributed by atoms with Crippen LogP contribution >= 0.6 is 0 Å². The maximum absolute atomic E-state index is 3.55. The molecular formula is C21H29N3. The molecule has 128 valence electrons. The van der Waals surface area contributed by atoms with Crippen LogP contribution < -0.4 is 10.2 Å². The number of rotatable bonds is 8.